The van der Waals surface area contributed by atoms with Gasteiger partial charge in [-0.2, -0.15) is 5.10 Å². The fourth-order valence-corrected chi connectivity index (χ4v) is 2.04. The average Bonchev–Trinajstić information content (AvgIpc) is 2.76. The summed E-state index contributed by atoms with van der Waals surface area (Å²) in [6.07, 6.45) is 5.63. The first kappa shape index (κ1) is 15.9. The van der Waals surface area contributed by atoms with Crippen molar-refractivity contribution in [2.24, 2.45) is 11.3 Å². The highest BCUT2D eigenvalue weighted by molar-refractivity contribution is 5.01. The first-order chi connectivity index (χ1) is 9.00. The summed E-state index contributed by atoms with van der Waals surface area (Å²) in [6, 6.07) is 0. The normalized spacial score (nSPS) is 14.6. The smallest absolute Gasteiger partial charge is 0.138 e. The summed E-state index contributed by atoms with van der Waals surface area (Å²) in [7, 11) is 0. The van der Waals surface area contributed by atoms with Gasteiger partial charge in [-0.3, -0.25) is 4.68 Å². The van der Waals surface area contributed by atoms with Crippen LogP contribution in [0.3, 0.4) is 0 Å². The quantitative estimate of drug-likeness (QED) is 0.697. The van der Waals surface area contributed by atoms with Crippen LogP contribution in [0.2, 0.25) is 0 Å². The van der Waals surface area contributed by atoms with Crippen molar-refractivity contribution in [1.82, 2.24) is 20.1 Å². The van der Waals surface area contributed by atoms with E-state index >= 15 is 0 Å². The van der Waals surface area contributed by atoms with Crippen LogP contribution in [0, 0.1) is 11.3 Å². The van der Waals surface area contributed by atoms with Crippen LogP contribution >= 0.6 is 0 Å². The summed E-state index contributed by atoms with van der Waals surface area (Å²) in [5.41, 5.74) is 0.0212. The molecule has 0 bridgehead atoms. The van der Waals surface area contributed by atoms with Gasteiger partial charge in [0.05, 0.1) is 0 Å². The zero-order valence-electron chi connectivity index (χ0n) is 12.8. The van der Waals surface area contributed by atoms with Gasteiger partial charge in [0.2, 0.25) is 0 Å². The Morgan fingerprint density at radius 2 is 2.26 bits per heavy atom. The molecule has 4 heteroatoms. The molecular weight excluding hydrogens is 236 g/mol. The second-order valence-electron chi connectivity index (χ2n) is 5.96. The van der Waals surface area contributed by atoms with Crippen molar-refractivity contribution < 1.29 is 0 Å². The van der Waals surface area contributed by atoms with Gasteiger partial charge in [-0.05, 0) is 18.9 Å². The molecule has 0 spiro atoms. The Balaban J connectivity index is 2.63. The Bertz CT molecular complexity index is 383. The van der Waals surface area contributed by atoms with E-state index in [2.05, 4.69) is 49.7 Å². The molecule has 0 saturated carbocycles. The predicted molar refractivity (Wildman–Crippen MR) is 80.0 cm³/mol. The summed E-state index contributed by atoms with van der Waals surface area (Å²) < 4.78 is 2.00. The molecule has 1 aromatic rings. The van der Waals surface area contributed by atoms with E-state index in [0.29, 0.717) is 5.92 Å². The van der Waals surface area contributed by atoms with Gasteiger partial charge in [0.15, 0.2) is 0 Å². The Morgan fingerprint density at radius 3 is 2.84 bits per heavy atom. The molecule has 1 N–H and O–H groups in total. The first-order valence-electron chi connectivity index (χ1n) is 7.21. The SMILES string of the molecule is C=CC(C)(CNCC(C)C)Cc1ncnn1CCC. The Hall–Kier alpha value is -1.16. The van der Waals surface area contributed by atoms with Crippen LogP contribution in [0.4, 0.5) is 0 Å². The third-order valence-electron chi connectivity index (χ3n) is 3.27. The third-order valence-corrected chi connectivity index (χ3v) is 3.27. The largest absolute Gasteiger partial charge is 0.316 e. The topological polar surface area (TPSA) is 42.7 Å². The van der Waals surface area contributed by atoms with Crippen molar-refractivity contribution in [3.05, 3.63) is 24.8 Å². The summed E-state index contributed by atoms with van der Waals surface area (Å²) >= 11 is 0. The maximum absolute atomic E-state index is 4.39. The highest BCUT2D eigenvalue weighted by atomic mass is 15.3. The number of nitrogens with zero attached hydrogens (tertiary/aromatic N) is 3. The monoisotopic (exact) mass is 264 g/mol. The van der Waals surface area contributed by atoms with Crippen molar-refractivity contribution in [3.63, 3.8) is 0 Å². The van der Waals surface area contributed by atoms with Gasteiger partial charge >= 0.3 is 0 Å². The number of hydrogen-bond donors (Lipinski definition) is 1. The molecule has 0 radical (unpaired) electrons. The van der Waals surface area contributed by atoms with Gasteiger partial charge in [0.1, 0.15) is 12.2 Å². The second-order valence-corrected chi connectivity index (χ2v) is 5.96. The fourth-order valence-electron chi connectivity index (χ4n) is 2.04. The molecular formula is C15H28N4. The third kappa shape index (κ3) is 5.15. The minimum atomic E-state index is 0.0212. The predicted octanol–water partition coefficient (Wildman–Crippen LogP) is 2.67. The lowest BCUT2D eigenvalue weighted by Gasteiger charge is -2.26. The molecule has 0 aromatic carbocycles. The van der Waals surface area contributed by atoms with E-state index < -0.39 is 0 Å². The number of nitrogens with one attached hydrogen (secondary N) is 1. The van der Waals surface area contributed by atoms with Gasteiger partial charge < -0.3 is 5.32 Å². The van der Waals surface area contributed by atoms with Crippen LogP contribution in [0.5, 0.6) is 0 Å². The number of rotatable bonds is 9. The minimum Gasteiger partial charge on any atom is -0.316 e. The maximum Gasteiger partial charge on any atom is 0.138 e. The molecule has 1 heterocycles. The average molecular weight is 264 g/mol. The van der Waals surface area contributed by atoms with E-state index in [-0.39, 0.29) is 5.41 Å². The van der Waals surface area contributed by atoms with Crippen LogP contribution in [0.15, 0.2) is 19.0 Å². The van der Waals surface area contributed by atoms with Crippen molar-refractivity contribution in [2.75, 3.05) is 13.1 Å². The molecule has 0 fully saturated rings. The van der Waals surface area contributed by atoms with Crippen molar-refractivity contribution >= 4 is 0 Å². The Kier molecular flexibility index (Phi) is 6.22. The second kappa shape index (κ2) is 7.43. The molecule has 1 unspecified atom stereocenters. The van der Waals surface area contributed by atoms with E-state index in [0.717, 1.165) is 38.3 Å². The van der Waals surface area contributed by atoms with E-state index in [4.69, 9.17) is 0 Å². The highest BCUT2D eigenvalue weighted by Crippen LogP contribution is 2.22. The van der Waals surface area contributed by atoms with Crippen LogP contribution in [0.1, 0.15) is 39.9 Å². The number of aryl methyl sites for hydroxylation is 1. The summed E-state index contributed by atoms with van der Waals surface area (Å²) in [6.45, 7) is 15.7. The maximum atomic E-state index is 4.39. The molecule has 19 heavy (non-hydrogen) atoms. The van der Waals surface area contributed by atoms with Crippen LogP contribution < -0.4 is 5.32 Å². The molecule has 4 nitrogen and oxygen atoms in total. The molecule has 108 valence electrons. The molecule has 0 amide bonds. The van der Waals surface area contributed by atoms with Crippen molar-refractivity contribution in [3.8, 4) is 0 Å². The molecule has 0 aliphatic heterocycles. The van der Waals surface area contributed by atoms with Crippen molar-refractivity contribution in [2.45, 2.75) is 47.1 Å². The lowest BCUT2D eigenvalue weighted by molar-refractivity contribution is 0.362. The van der Waals surface area contributed by atoms with E-state index in [1.165, 1.54) is 0 Å². The number of hydrogen-bond acceptors (Lipinski definition) is 3. The van der Waals surface area contributed by atoms with E-state index in [9.17, 15) is 0 Å². The van der Waals surface area contributed by atoms with Gasteiger partial charge in [-0.25, -0.2) is 4.98 Å². The van der Waals surface area contributed by atoms with Gasteiger partial charge in [0, 0.05) is 24.9 Å². The van der Waals surface area contributed by atoms with Gasteiger partial charge in [0.25, 0.3) is 0 Å². The van der Waals surface area contributed by atoms with E-state index in [1.54, 1.807) is 6.33 Å². The zero-order valence-corrected chi connectivity index (χ0v) is 12.8. The van der Waals surface area contributed by atoms with E-state index in [1.807, 2.05) is 10.8 Å². The lowest BCUT2D eigenvalue weighted by atomic mass is 9.86. The summed E-state index contributed by atoms with van der Waals surface area (Å²) in [5.74, 6) is 1.72. The summed E-state index contributed by atoms with van der Waals surface area (Å²) in [5, 5.41) is 7.80. The van der Waals surface area contributed by atoms with Gasteiger partial charge in [-0.15, -0.1) is 6.58 Å². The fraction of sp³-hybridized carbons (Fsp3) is 0.733. The molecule has 1 atom stereocenters. The Morgan fingerprint density at radius 1 is 1.53 bits per heavy atom. The Labute approximate surface area is 117 Å². The summed E-state index contributed by atoms with van der Waals surface area (Å²) in [4.78, 5) is 4.39. The molecule has 0 aliphatic rings. The number of aromatic nitrogens is 3. The lowest BCUT2D eigenvalue weighted by Crippen LogP contribution is -2.34. The first-order valence-corrected chi connectivity index (χ1v) is 7.21. The zero-order chi connectivity index (χ0) is 14.3. The van der Waals surface area contributed by atoms with Crippen molar-refractivity contribution in [1.29, 1.82) is 0 Å². The molecule has 1 rings (SSSR count). The van der Waals surface area contributed by atoms with Crippen LogP contribution in [-0.2, 0) is 13.0 Å². The minimum absolute atomic E-state index is 0.0212. The molecule has 1 aromatic heterocycles. The van der Waals surface area contributed by atoms with Gasteiger partial charge in [-0.1, -0.05) is 33.8 Å². The molecule has 0 aliphatic carbocycles. The van der Waals surface area contributed by atoms with Crippen LogP contribution in [-0.4, -0.2) is 27.9 Å². The molecule has 0 saturated heterocycles. The highest BCUT2D eigenvalue weighted by Gasteiger charge is 2.23. The van der Waals surface area contributed by atoms with Crippen LogP contribution in [0.25, 0.3) is 0 Å². The standard InChI is InChI=1S/C15H28N4/c1-6-8-19-14(17-12-18-19)9-15(5,7-2)11-16-10-13(3)4/h7,12-13,16H,2,6,8-11H2,1,3-5H3.